The zero-order valence-electron chi connectivity index (χ0n) is 9.97. The Morgan fingerprint density at radius 2 is 2.06 bits per heavy atom. The fourth-order valence-corrected chi connectivity index (χ4v) is 1.76. The number of rotatable bonds is 5. The number of ether oxygens (including phenoxy) is 1. The first kappa shape index (κ1) is 14.2. The third kappa shape index (κ3) is 4.88. The Morgan fingerprint density at radius 3 is 2.59 bits per heavy atom. The van der Waals surface area contributed by atoms with Gasteiger partial charge in [0, 0.05) is 16.2 Å². The molecule has 0 amide bonds. The predicted molar refractivity (Wildman–Crippen MR) is 76.7 cm³/mol. The van der Waals surface area contributed by atoms with Crippen molar-refractivity contribution in [1.29, 1.82) is 0 Å². The van der Waals surface area contributed by atoms with Crippen molar-refractivity contribution in [1.82, 2.24) is 0 Å². The minimum absolute atomic E-state index is 0.284. The Balaban J connectivity index is 2.69. The molecule has 0 unspecified atom stereocenters. The van der Waals surface area contributed by atoms with Crippen molar-refractivity contribution in [2.75, 3.05) is 18.6 Å². The molecule has 0 radical (unpaired) electrons. The van der Waals surface area contributed by atoms with Gasteiger partial charge in [-0.3, -0.25) is 0 Å². The van der Waals surface area contributed by atoms with E-state index in [-0.39, 0.29) is 5.97 Å². The number of hydrogen-bond donors (Lipinski definition) is 1. The Morgan fingerprint density at radius 1 is 1.41 bits per heavy atom. The van der Waals surface area contributed by atoms with Crippen molar-refractivity contribution in [3.8, 4) is 0 Å². The number of carbonyl (C=O) groups is 1. The minimum atomic E-state index is -0.284. The van der Waals surface area contributed by atoms with E-state index in [9.17, 15) is 4.79 Å². The summed E-state index contributed by atoms with van der Waals surface area (Å²) < 4.78 is 4.98. The minimum Gasteiger partial charge on any atom is -0.461 e. The van der Waals surface area contributed by atoms with E-state index in [1.165, 1.54) is 4.90 Å². The summed E-state index contributed by atoms with van der Waals surface area (Å²) in [6, 6.07) is 8.04. The van der Waals surface area contributed by atoms with Crippen LogP contribution in [-0.2, 0) is 9.53 Å². The van der Waals surface area contributed by atoms with E-state index in [0.717, 1.165) is 5.56 Å². The van der Waals surface area contributed by atoms with Crippen LogP contribution in [0.5, 0.6) is 0 Å². The second-order valence-corrected chi connectivity index (χ2v) is 4.79. The molecule has 0 N–H and O–H groups in total. The number of benzene rings is 1. The Bertz CT molecular complexity index is 396. The molecule has 0 aliphatic carbocycles. The number of esters is 1. The SMILES string of the molecule is CSc1ccc(/C=C(\C)C(=O)OCCS)cc1. The molecule has 2 nitrogen and oxygen atoms in total. The van der Waals surface area contributed by atoms with Gasteiger partial charge in [-0.15, -0.1) is 11.8 Å². The summed E-state index contributed by atoms with van der Waals surface area (Å²) in [6.07, 6.45) is 3.86. The maximum atomic E-state index is 11.5. The molecule has 1 rings (SSSR count). The van der Waals surface area contributed by atoms with Gasteiger partial charge in [-0.1, -0.05) is 12.1 Å². The quantitative estimate of drug-likeness (QED) is 0.384. The van der Waals surface area contributed by atoms with E-state index in [2.05, 4.69) is 12.6 Å². The molecule has 0 atom stereocenters. The van der Waals surface area contributed by atoms with Crippen LogP contribution in [0.25, 0.3) is 6.08 Å². The van der Waals surface area contributed by atoms with Crippen molar-refractivity contribution in [2.24, 2.45) is 0 Å². The van der Waals surface area contributed by atoms with Crippen LogP contribution in [0, 0.1) is 0 Å². The van der Waals surface area contributed by atoms with Crippen molar-refractivity contribution in [2.45, 2.75) is 11.8 Å². The third-order valence-corrected chi connectivity index (χ3v) is 3.07. The van der Waals surface area contributed by atoms with Crippen LogP contribution in [0.3, 0.4) is 0 Å². The molecule has 4 heteroatoms. The standard InChI is InChI=1S/C13H16O2S2/c1-10(13(14)15-7-8-16)9-11-3-5-12(17-2)6-4-11/h3-6,9,16H,7-8H2,1-2H3/b10-9+. The van der Waals surface area contributed by atoms with Gasteiger partial charge in [0.1, 0.15) is 6.61 Å². The smallest absolute Gasteiger partial charge is 0.333 e. The highest BCUT2D eigenvalue weighted by Crippen LogP contribution is 2.16. The first-order chi connectivity index (χ1) is 8.17. The van der Waals surface area contributed by atoms with Gasteiger partial charge in [-0.2, -0.15) is 12.6 Å². The summed E-state index contributed by atoms with van der Waals surface area (Å²) in [5.41, 5.74) is 1.60. The molecule has 0 saturated heterocycles. The van der Waals surface area contributed by atoms with E-state index < -0.39 is 0 Å². The summed E-state index contributed by atoms with van der Waals surface area (Å²) in [5, 5.41) is 0. The van der Waals surface area contributed by atoms with Crippen molar-refractivity contribution in [3.05, 3.63) is 35.4 Å². The molecular formula is C13H16O2S2. The largest absolute Gasteiger partial charge is 0.461 e. The second-order valence-electron chi connectivity index (χ2n) is 3.46. The Labute approximate surface area is 112 Å². The molecular weight excluding hydrogens is 252 g/mol. The fourth-order valence-electron chi connectivity index (χ4n) is 1.26. The lowest BCUT2D eigenvalue weighted by molar-refractivity contribution is -0.138. The fraction of sp³-hybridized carbons (Fsp3) is 0.308. The van der Waals surface area contributed by atoms with E-state index in [1.54, 1.807) is 18.7 Å². The molecule has 0 aliphatic heterocycles. The predicted octanol–water partition coefficient (Wildman–Crippen LogP) is 3.28. The van der Waals surface area contributed by atoms with E-state index in [0.29, 0.717) is 17.9 Å². The summed E-state index contributed by atoms with van der Waals surface area (Å²) in [6.45, 7) is 2.10. The molecule has 17 heavy (non-hydrogen) atoms. The normalized spacial score (nSPS) is 11.4. The second kappa shape index (κ2) is 7.45. The molecule has 0 spiro atoms. The molecule has 0 bridgehead atoms. The highest BCUT2D eigenvalue weighted by atomic mass is 32.2. The zero-order chi connectivity index (χ0) is 12.7. The van der Waals surface area contributed by atoms with Crippen molar-refractivity contribution >= 4 is 36.4 Å². The first-order valence-corrected chi connectivity index (χ1v) is 7.13. The van der Waals surface area contributed by atoms with E-state index >= 15 is 0 Å². The number of carbonyl (C=O) groups excluding carboxylic acids is 1. The van der Waals surface area contributed by atoms with Crippen LogP contribution in [0.1, 0.15) is 12.5 Å². The van der Waals surface area contributed by atoms with Crippen LogP contribution >= 0.6 is 24.4 Å². The Hall–Kier alpha value is -0.870. The summed E-state index contributed by atoms with van der Waals surface area (Å²) in [5.74, 6) is 0.259. The zero-order valence-corrected chi connectivity index (χ0v) is 11.7. The van der Waals surface area contributed by atoms with Crippen LogP contribution < -0.4 is 0 Å². The molecule has 0 aromatic heterocycles. The van der Waals surface area contributed by atoms with Crippen LogP contribution in [0.2, 0.25) is 0 Å². The molecule has 0 aliphatic rings. The van der Waals surface area contributed by atoms with E-state index in [4.69, 9.17) is 4.74 Å². The third-order valence-electron chi connectivity index (χ3n) is 2.15. The lowest BCUT2D eigenvalue weighted by Crippen LogP contribution is -2.07. The first-order valence-electron chi connectivity index (χ1n) is 5.27. The lowest BCUT2D eigenvalue weighted by Gasteiger charge is -2.03. The average molecular weight is 268 g/mol. The number of thioether (sulfide) groups is 1. The molecule has 1 aromatic carbocycles. The topological polar surface area (TPSA) is 26.3 Å². The van der Waals surface area contributed by atoms with Gasteiger partial charge in [0.15, 0.2) is 0 Å². The number of thiol groups is 1. The van der Waals surface area contributed by atoms with E-state index in [1.807, 2.05) is 36.6 Å². The summed E-state index contributed by atoms with van der Waals surface area (Å²) in [4.78, 5) is 12.7. The summed E-state index contributed by atoms with van der Waals surface area (Å²) in [7, 11) is 0. The molecule has 0 fully saturated rings. The Kier molecular flexibility index (Phi) is 6.22. The van der Waals surface area contributed by atoms with Crippen molar-refractivity contribution < 1.29 is 9.53 Å². The van der Waals surface area contributed by atoms with Gasteiger partial charge in [0.25, 0.3) is 0 Å². The van der Waals surface area contributed by atoms with Crippen LogP contribution in [0.15, 0.2) is 34.7 Å². The molecule has 1 aromatic rings. The van der Waals surface area contributed by atoms with Gasteiger partial charge >= 0.3 is 5.97 Å². The molecule has 0 heterocycles. The maximum Gasteiger partial charge on any atom is 0.333 e. The van der Waals surface area contributed by atoms with Gasteiger partial charge < -0.3 is 4.74 Å². The van der Waals surface area contributed by atoms with Crippen LogP contribution in [-0.4, -0.2) is 24.6 Å². The average Bonchev–Trinajstić information content (AvgIpc) is 2.36. The summed E-state index contributed by atoms with van der Waals surface area (Å²) >= 11 is 5.68. The van der Waals surface area contributed by atoms with Gasteiger partial charge in [-0.05, 0) is 37.0 Å². The molecule has 0 saturated carbocycles. The lowest BCUT2D eigenvalue weighted by atomic mass is 10.1. The highest BCUT2D eigenvalue weighted by Gasteiger charge is 2.04. The monoisotopic (exact) mass is 268 g/mol. The molecule has 92 valence electrons. The van der Waals surface area contributed by atoms with Crippen LogP contribution in [0.4, 0.5) is 0 Å². The van der Waals surface area contributed by atoms with Gasteiger partial charge in [0.05, 0.1) is 0 Å². The number of hydrogen-bond acceptors (Lipinski definition) is 4. The van der Waals surface area contributed by atoms with Crippen molar-refractivity contribution in [3.63, 3.8) is 0 Å². The maximum absolute atomic E-state index is 11.5. The van der Waals surface area contributed by atoms with Gasteiger partial charge in [-0.25, -0.2) is 4.79 Å². The van der Waals surface area contributed by atoms with Gasteiger partial charge in [0.2, 0.25) is 0 Å². The highest BCUT2D eigenvalue weighted by molar-refractivity contribution is 7.98.